The molecule has 1 heterocycles. The van der Waals surface area contributed by atoms with Gasteiger partial charge in [-0.2, -0.15) is 5.10 Å². The van der Waals surface area contributed by atoms with Crippen molar-refractivity contribution in [3.8, 4) is 5.75 Å². The van der Waals surface area contributed by atoms with Crippen molar-refractivity contribution in [2.75, 3.05) is 0 Å². The number of aromatic nitrogens is 3. The zero-order valence-electron chi connectivity index (χ0n) is 10.8. The van der Waals surface area contributed by atoms with E-state index in [-0.39, 0.29) is 0 Å². The van der Waals surface area contributed by atoms with Crippen molar-refractivity contribution in [1.82, 2.24) is 14.8 Å². The van der Waals surface area contributed by atoms with Crippen LogP contribution in [0.4, 0.5) is 0 Å². The fourth-order valence-electron chi connectivity index (χ4n) is 1.70. The van der Waals surface area contributed by atoms with Gasteiger partial charge in [-0.15, -0.1) is 0 Å². The van der Waals surface area contributed by atoms with E-state index in [4.69, 9.17) is 4.74 Å². The molecule has 0 aliphatic rings. The van der Waals surface area contributed by atoms with E-state index in [0.29, 0.717) is 12.4 Å². The summed E-state index contributed by atoms with van der Waals surface area (Å²) in [6.45, 7) is 4.04. The lowest BCUT2D eigenvalue weighted by molar-refractivity contribution is 0.189. The topological polar surface area (TPSA) is 60.2 Å². The maximum absolute atomic E-state index is 9.69. The van der Waals surface area contributed by atoms with Crippen LogP contribution in [0.3, 0.4) is 0 Å². The maximum Gasteiger partial charge on any atom is 0.164 e. The lowest BCUT2D eigenvalue weighted by atomic mass is 10.1. The highest BCUT2D eigenvalue weighted by Gasteiger charge is 2.10. The second-order valence-electron chi connectivity index (χ2n) is 4.31. The Morgan fingerprint density at radius 1 is 1.44 bits per heavy atom. The van der Waals surface area contributed by atoms with Crippen molar-refractivity contribution in [3.05, 3.63) is 41.5 Å². The van der Waals surface area contributed by atoms with Gasteiger partial charge >= 0.3 is 0 Å². The highest BCUT2D eigenvalue weighted by Crippen LogP contribution is 2.26. The van der Waals surface area contributed by atoms with Gasteiger partial charge in [-0.05, 0) is 25.5 Å². The summed E-state index contributed by atoms with van der Waals surface area (Å²) >= 11 is 0. The molecule has 2 aromatic rings. The molecule has 5 heteroatoms. The minimum atomic E-state index is -0.555. The lowest BCUT2D eigenvalue weighted by Gasteiger charge is -2.13. The van der Waals surface area contributed by atoms with Crippen LogP contribution in [0, 0.1) is 6.92 Å². The van der Waals surface area contributed by atoms with Crippen LogP contribution in [0.25, 0.3) is 0 Å². The number of rotatable bonds is 4. The van der Waals surface area contributed by atoms with Crippen LogP contribution in [0.1, 0.15) is 30.0 Å². The number of hydrogen-bond donors (Lipinski definition) is 1. The van der Waals surface area contributed by atoms with Crippen LogP contribution in [-0.2, 0) is 13.7 Å². The van der Waals surface area contributed by atoms with Crippen molar-refractivity contribution in [2.24, 2.45) is 7.05 Å². The Morgan fingerprint density at radius 3 is 2.83 bits per heavy atom. The average molecular weight is 247 g/mol. The van der Waals surface area contributed by atoms with Gasteiger partial charge in [0.1, 0.15) is 18.7 Å². The van der Waals surface area contributed by atoms with E-state index in [1.54, 1.807) is 11.6 Å². The van der Waals surface area contributed by atoms with E-state index in [1.807, 2.05) is 32.2 Å². The molecule has 5 nitrogen and oxygen atoms in total. The fraction of sp³-hybridized carbons (Fsp3) is 0.385. The first kappa shape index (κ1) is 12.6. The van der Waals surface area contributed by atoms with Crippen LogP contribution in [0.2, 0.25) is 0 Å². The zero-order chi connectivity index (χ0) is 13.1. The Labute approximate surface area is 106 Å². The molecule has 0 unspecified atom stereocenters. The number of aryl methyl sites for hydroxylation is 2. The number of aliphatic hydroxyl groups excluding tert-OH is 1. The zero-order valence-corrected chi connectivity index (χ0v) is 10.8. The van der Waals surface area contributed by atoms with Gasteiger partial charge in [0.05, 0.1) is 6.10 Å². The molecule has 18 heavy (non-hydrogen) atoms. The molecule has 1 N–H and O–H groups in total. The summed E-state index contributed by atoms with van der Waals surface area (Å²) in [5.41, 5.74) is 1.87. The standard InChI is InChI=1S/C13H17N3O2/c1-9-4-5-11(10(2)17)12(6-9)18-7-13-14-8-15-16(13)3/h4-6,8,10,17H,7H2,1-3H3/t10-/m1/s1. The van der Waals surface area contributed by atoms with Crippen LogP contribution in [-0.4, -0.2) is 19.9 Å². The number of hydrogen-bond acceptors (Lipinski definition) is 4. The first-order valence-corrected chi connectivity index (χ1v) is 5.82. The molecule has 1 aromatic heterocycles. The van der Waals surface area contributed by atoms with E-state index in [0.717, 1.165) is 17.0 Å². The highest BCUT2D eigenvalue weighted by atomic mass is 16.5. The van der Waals surface area contributed by atoms with Crippen LogP contribution >= 0.6 is 0 Å². The van der Waals surface area contributed by atoms with Gasteiger partial charge in [-0.25, -0.2) is 4.98 Å². The highest BCUT2D eigenvalue weighted by molar-refractivity contribution is 5.38. The molecule has 0 aliphatic carbocycles. The summed E-state index contributed by atoms with van der Waals surface area (Å²) in [6.07, 6.45) is 0.935. The fourth-order valence-corrected chi connectivity index (χ4v) is 1.70. The molecule has 0 spiro atoms. The van der Waals surface area contributed by atoms with E-state index >= 15 is 0 Å². The number of nitrogens with zero attached hydrogens (tertiary/aromatic N) is 3. The predicted molar refractivity (Wildman–Crippen MR) is 67.1 cm³/mol. The summed E-state index contributed by atoms with van der Waals surface area (Å²) in [4.78, 5) is 4.09. The Bertz CT molecular complexity index is 535. The molecule has 0 amide bonds. The molecular weight excluding hydrogens is 230 g/mol. The monoisotopic (exact) mass is 247 g/mol. The first-order valence-electron chi connectivity index (χ1n) is 5.82. The van der Waals surface area contributed by atoms with Gasteiger partial charge in [0.25, 0.3) is 0 Å². The third-order valence-corrected chi connectivity index (χ3v) is 2.78. The van der Waals surface area contributed by atoms with Crippen molar-refractivity contribution in [1.29, 1.82) is 0 Å². The minimum Gasteiger partial charge on any atom is -0.485 e. The lowest BCUT2D eigenvalue weighted by Crippen LogP contribution is -2.06. The molecule has 2 rings (SSSR count). The number of ether oxygens (including phenoxy) is 1. The molecule has 0 aliphatic heterocycles. The molecule has 0 bridgehead atoms. The largest absolute Gasteiger partial charge is 0.485 e. The first-order chi connectivity index (χ1) is 8.58. The van der Waals surface area contributed by atoms with Gasteiger partial charge in [0.15, 0.2) is 5.82 Å². The van der Waals surface area contributed by atoms with E-state index < -0.39 is 6.10 Å². The Hall–Kier alpha value is -1.88. The summed E-state index contributed by atoms with van der Waals surface area (Å²) in [7, 11) is 1.82. The molecule has 0 saturated carbocycles. The van der Waals surface area contributed by atoms with Crippen molar-refractivity contribution in [2.45, 2.75) is 26.6 Å². The Morgan fingerprint density at radius 2 is 2.22 bits per heavy atom. The second kappa shape index (κ2) is 5.18. The second-order valence-corrected chi connectivity index (χ2v) is 4.31. The van der Waals surface area contributed by atoms with Gasteiger partial charge in [-0.1, -0.05) is 12.1 Å². The van der Waals surface area contributed by atoms with E-state index in [9.17, 15) is 5.11 Å². The summed E-state index contributed by atoms with van der Waals surface area (Å²) in [5, 5.41) is 13.7. The van der Waals surface area contributed by atoms with E-state index in [2.05, 4.69) is 10.1 Å². The minimum absolute atomic E-state index is 0.333. The van der Waals surface area contributed by atoms with Gasteiger partial charge in [0, 0.05) is 12.6 Å². The van der Waals surface area contributed by atoms with Crippen LogP contribution < -0.4 is 4.74 Å². The number of aliphatic hydroxyl groups is 1. The van der Waals surface area contributed by atoms with Gasteiger partial charge in [-0.3, -0.25) is 4.68 Å². The molecule has 96 valence electrons. The third-order valence-electron chi connectivity index (χ3n) is 2.78. The van der Waals surface area contributed by atoms with E-state index in [1.165, 1.54) is 6.33 Å². The molecule has 1 atom stereocenters. The molecule has 1 aromatic carbocycles. The quantitative estimate of drug-likeness (QED) is 0.894. The molecule has 0 radical (unpaired) electrons. The van der Waals surface area contributed by atoms with Gasteiger partial charge in [0.2, 0.25) is 0 Å². The molecule has 0 fully saturated rings. The van der Waals surface area contributed by atoms with Crippen LogP contribution in [0.15, 0.2) is 24.5 Å². The third kappa shape index (κ3) is 2.68. The smallest absolute Gasteiger partial charge is 0.164 e. The Balaban J connectivity index is 2.18. The predicted octanol–water partition coefficient (Wildman–Crippen LogP) is 1.76. The summed E-state index contributed by atoms with van der Waals surface area (Å²) < 4.78 is 7.39. The Kier molecular flexibility index (Phi) is 3.62. The molecular formula is C13H17N3O2. The van der Waals surface area contributed by atoms with Crippen molar-refractivity contribution in [3.63, 3.8) is 0 Å². The maximum atomic E-state index is 9.69. The van der Waals surface area contributed by atoms with Crippen molar-refractivity contribution >= 4 is 0 Å². The van der Waals surface area contributed by atoms with Crippen molar-refractivity contribution < 1.29 is 9.84 Å². The summed E-state index contributed by atoms with van der Waals surface area (Å²) in [5.74, 6) is 1.43. The normalized spacial score (nSPS) is 12.4. The average Bonchev–Trinajstić information content (AvgIpc) is 2.72. The van der Waals surface area contributed by atoms with Gasteiger partial charge < -0.3 is 9.84 Å². The SMILES string of the molecule is Cc1ccc([C@@H](C)O)c(OCc2ncnn2C)c1. The van der Waals surface area contributed by atoms with Crippen LogP contribution in [0.5, 0.6) is 5.75 Å². The summed E-state index contributed by atoms with van der Waals surface area (Å²) in [6, 6.07) is 5.75. The molecule has 0 saturated heterocycles. The number of benzene rings is 1.